The van der Waals surface area contributed by atoms with E-state index in [-0.39, 0.29) is 5.78 Å². The Balaban J connectivity index is 1.76. The van der Waals surface area contributed by atoms with Gasteiger partial charge in [-0.15, -0.1) is 0 Å². The molecule has 0 fully saturated rings. The van der Waals surface area contributed by atoms with Crippen LogP contribution in [0.4, 0.5) is 0 Å². The van der Waals surface area contributed by atoms with Crippen LogP contribution in [0.3, 0.4) is 0 Å². The van der Waals surface area contributed by atoms with Crippen LogP contribution in [0, 0.1) is 6.92 Å². The number of Topliss-reactive ketones (excluding diaryl/α,β-unsaturated/α-hetero) is 1. The molecule has 0 atom stereocenters. The van der Waals surface area contributed by atoms with Crippen molar-refractivity contribution in [2.24, 2.45) is 0 Å². The average Bonchev–Trinajstić information content (AvgIpc) is 2.46. The Kier molecular flexibility index (Phi) is 4.73. The molecule has 98 valence electrons. The largest absolute Gasteiger partial charge is 0.493 e. The van der Waals surface area contributed by atoms with Gasteiger partial charge < -0.3 is 4.74 Å². The number of benzene rings is 2. The maximum Gasteiger partial charge on any atom is 0.163 e. The molecule has 0 bridgehead atoms. The second kappa shape index (κ2) is 6.74. The van der Waals surface area contributed by atoms with E-state index in [0.29, 0.717) is 13.0 Å². The highest BCUT2D eigenvalue weighted by Gasteiger charge is 2.05. The van der Waals surface area contributed by atoms with Crippen molar-refractivity contribution >= 4 is 5.78 Å². The quantitative estimate of drug-likeness (QED) is 0.574. The molecule has 2 rings (SSSR count). The number of ketones is 1. The van der Waals surface area contributed by atoms with Crippen molar-refractivity contribution in [3.8, 4) is 5.75 Å². The maximum absolute atomic E-state index is 11.9. The zero-order valence-electron chi connectivity index (χ0n) is 11.1. The van der Waals surface area contributed by atoms with E-state index in [0.717, 1.165) is 23.3 Å². The Morgan fingerprint density at radius 1 is 1.00 bits per heavy atom. The smallest absolute Gasteiger partial charge is 0.163 e. The number of hydrogen-bond acceptors (Lipinski definition) is 2. The lowest BCUT2D eigenvalue weighted by Crippen LogP contribution is -2.04. The van der Waals surface area contributed by atoms with Crippen LogP contribution >= 0.6 is 0 Å². The third-order valence-corrected chi connectivity index (χ3v) is 3.00. The van der Waals surface area contributed by atoms with Gasteiger partial charge in [0.25, 0.3) is 0 Å². The van der Waals surface area contributed by atoms with E-state index in [9.17, 15) is 4.79 Å². The van der Waals surface area contributed by atoms with E-state index in [1.165, 1.54) is 0 Å². The lowest BCUT2D eigenvalue weighted by molar-refractivity contribution is 0.0973. The van der Waals surface area contributed by atoms with Crippen molar-refractivity contribution in [2.45, 2.75) is 19.8 Å². The lowest BCUT2D eigenvalue weighted by Gasteiger charge is -2.08. The van der Waals surface area contributed by atoms with Crippen LogP contribution in [0.5, 0.6) is 5.75 Å². The summed E-state index contributed by atoms with van der Waals surface area (Å²) in [6.45, 7) is 2.59. The molecule has 2 aromatic rings. The minimum Gasteiger partial charge on any atom is -0.493 e. The number of carbonyl (C=O) groups is 1. The Morgan fingerprint density at radius 2 is 1.68 bits per heavy atom. The predicted octanol–water partition coefficient (Wildman–Crippen LogP) is 4.04. The normalized spacial score (nSPS) is 10.2. The average molecular weight is 254 g/mol. The van der Waals surface area contributed by atoms with Crippen molar-refractivity contribution in [2.75, 3.05) is 6.61 Å². The van der Waals surface area contributed by atoms with E-state index >= 15 is 0 Å². The maximum atomic E-state index is 11.9. The summed E-state index contributed by atoms with van der Waals surface area (Å²) in [7, 11) is 0. The minimum absolute atomic E-state index is 0.175. The van der Waals surface area contributed by atoms with Crippen LogP contribution in [0.2, 0.25) is 0 Å². The molecule has 0 unspecified atom stereocenters. The van der Waals surface area contributed by atoms with Gasteiger partial charge in [0.1, 0.15) is 5.75 Å². The van der Waals surface area contributed by atoms with Gasteiger partial charge in [0.05, 0.1) is 6.61 Å². The fraction of sp³-hybridized carbons (Fsp3) is 0.235. The van der Waals surface area contributed by atoms with Crippen LogP contribution < -0.4 is 4.74 Å². The summed E-state index contributed by atoms with van der Waals surface area (Å²) in [6.07, 6.45) is 1.26. The van der Waals surface area contributed by atoms with Crippen LogP contribution in [0.15, 0.2) is 54.6 Å². The standard InChI is InChI=1S/C17H18O2/c1-14-8-5-6-12-17(14)19-13-7-11-16(18)15-9-3-2-4-10-15/h2-6,8-10,12H,7,11,13H2,1H3. The summed E-state index contributed by atoms with van der Waals surface area (Å²) in [5, 5.41) is 0. The van der Waals surface area contributed by atoms with E-state index in [2.05, 4.69) is 0 Å². The highest BCUT2D eigenvalue weighted by atomic mass is 16.5. The van der Waals surface area contributed by atoms with Gasteiger partial charge in [-0.25, -0.2) is 0 Å². The molecule has 0 saturated heterocycles. The van der Waals surface area contributed by atoms with E-state index in [4.69, 9.17) is 4.74 Å². The number of aryl methyl sites for hydroxylation is 1. The van der Waals surface area contributed by atoms with Gasteiger partial charge in [-0.1, -0.05) is 48.5 Å². The molecule has 0 spiro atoms. The third kappa shape index (κ3) is 3.95. The number of hydrogen-bond donors (Lipinski definition) is 0. The van der Waals surface area contributed by atoms with Gasteiger partial charge >= 0.3 is 0 Å². The Morgan fingerprint density at radius 3 is 2.42 bits per heavy atom. The summed E-state index contributed by atoms with van der Waals surface area (Å²) < 4.78 is 5.67. The molecule has 2 aromatic carbocycles. The van der Waals surface area contributed by atoms with Crippen molar-refractivity contribution < 1.29 is 9.53 Å². The first kappa shape index (κ1) is 13.3. The van der Waals surface area contributed by atoms with Gasteiger partial charge in [-0.05, 0) is 25.0 Å². The molecule has 0 amide bonds. The SMILES string of the molecule is Cc1ccccc1OCCCC(=O)c1ccccc1. The van der Waals surface area contributed by atoms with Gasteiger partial charge in [-0.2, -0.15) is 0 Å². The lowest BCUT2D eigenvalue weighted by atomic mass is 10.1. The van der Waals surface area contributed by atoms with Gasteiger partial charge in [-0.3, -0.25) is 4.79 Å². The van der Waals surface area contributed by atoms with E-state index in [1.54, 1.807) is 0 Å². The zero-order chi connectivity index (χ0) is 13.5. The monoisotopic (exact) mass is 254 g/mol. The highest BCUT2D eigenvalue weighted by molar-refractivity contribution is 5.95. The summed E-state index contributed by atoms with van der Waals surface area (Å²) >= 11 is 0. The Labute approximate surface area is 114 Å². The van der Waals surface area contributed by atoms with Crippen molar-refractivity contribution in [3.05, 3.63) is 65.7 Å². The second-order valence-corrected chi connectivity index (χ2v) is 4.51. The number of para-hydroxylation sites is 1. The molecule has 0 aliphatic carbocycles. The van der Waals surface area contributed by atoms with E-state index < -0.39 is 0 Å². The van der Waals surface area contributed by atoms with Gasteiger partial charge in [0, 0.05) is 12.0 Å². The first-order chi connectivity index (χ1) is 9.27. The molecule has 2 nitrogen and oxygen atoms in total. The molecule has 0 heterocycles. The predicted molar refractivity (Wildman–Crippen MR) is 76.7 cm³/mol. The van der Waals surface area contributed by atoms with Crippen molar-refractivity contribution in [3.63, 3.8) is 0 Å². The van der Waals surface area contributed by atoms with Crippen LogP contribution in [-0.4, -0.2) is 12.4 Å². The fourth-order valence-electron chi connectivity index (χ4n) is 1.90. The summed E-state index contributed by atoms with van der Waals surface area (Å²) in [6, 6.07) is 17.3. The molecule has 0 saturated carbocycles. The Hall–Kier alpha value is -2.09. The molecule has 0 aliphatic rings. The summed E-state index contributed by atoms with van der Waals surface area (Å²) in [5.41, 5.74) is 1.90. The molecular formula is C17H18O2. The molecule has 0 radical (unpaired) electrons. The first-order valence-corrected chi connectivity index (χ1v) is 6.54. The molecule has 2 heteroatoms. The van der Waals surface area contributed by atoms with Gasteiger partial charge in [0.15, 0.2) is 5.78 Å². The van der Waals surface area contributed by atoms with Crippen LogP contribution in [-0.2, 0) is 0 Å². The molecule has 0 aliphatic heterocycles. The van der Waals surface area contributed by atoms with Crippen LogP contribution in [0.1, 0.15) is 28.8 Å². The Bertz CT molecular complexity index is 532. The second-order valence-electron chi connectivity index (χ2n) is 4.51. The molecule has 0 aromatic heterocycles. The number of rotatable bonds is 6. The zero-order valence-corrected chi connectivity index (χ0v) is 11.1. The summed E-state index contributed by atoms with van der Waals surface area (Å²) in [5.74, 6) is 1.07. The summed E-state index contributed by atoms with van der Waals surface area (Å²) in [4.78, 5) is 11.9. The third-order valence-electron chi connectivity index (χ3n) is 3.00. The van der Waals surface area contributed by atoms with Crippen LogP contribution in [0.25, 0.3) is 0 Å². The fourth-order valence-corrected chi connectivity index (χ4v) is 1.90. The minimum atomic E-state index is 0.175. The van der Waals surface area contributed by atoms with Gasteiger partial charge in [0.2, 0.25) is 0 Å². The van der Waals surface area contributed by atoms with Crippen molar-refractivity contribution in [1.29, 1.82) is 0 Å². The molecular weight excluding hydrogens is 236 g/mol. The van der Waals surface area contributed by atoms with E-state index in [1.807, 2.05) is 61.5 Å². The van der Waals surface area contributed by atoms with Crippen molar-refractivity contribution in [1.82, 2.24) is 0 Å². The number of ether oxygens (including phenoxy) is 1. The number of carbonyl (C=O) groups excluding carboxylic acids is 1. The molecule has 19 heavy (non-hydrogen) atoms. The highest BCUT2D eigenvalue weighted by Crippen LogP contribution is 2.16. The first-order valence-electron chi connectivity index (χ1n) is 6.54. The topological polar surface area (TPSA) is 26.3 Å². The molecule has 0 N–H and O–H groups in total.